The molecule has 0 fully saturated rings. The van der Waals surface area contributed by atoms with Crippen LogP contribution in [0, 0.1) is 6.92 Å². The summed E-state index contributed by atoms with van der Waals surface area (Å²) < 4.78 is 0. The van der Waals surface area contributed by atoms with Crippen molar-refractivity contribution in [2.45, 2.75) is 11.8 Å². The van der Waals surface area contributed by atoms with E-state index in [0.29, 0.717) is 5.75 Å². The van der Waals surface area contributed by atoms with Gasteiger partial charge in [-0.25, -0.2) is 0 Å². The number of hydrogen-bond acceptors (Lipinski definition) is 3. The number of thioether (sulfide) groups is 1. The van der Waals surface area contributed by atoms with Crippen molar-refractivity contribution in [2.75, 3.05) is 25.6 Å². The Kier molecular flexibility index (Phi) is 4.03. The first-order chi connectivity index (χ1) is 7.00. The number of anilines is 1. The van der Waals surface area contributed by atoms with Gasteiger partial charge in [0.1, 0.15) is 0 Å². The Morgan fingerprint density at radius 1 is 1.47 bits per heavy atom. The Morgan fingerprint density at radius 2 is 2.13 bits per heavy atom. The highest BCUT2D eigenvalue weighted by Gasteiger charge is 2.05. The van der Waals surface area contributed by atoms with Crippen LogP contribution in [0.15, 0.2) is 23.1 Å². The zero-order valence-electron chi connectivity index (χ0n) is 9.28. The van der Waals surface area contributed by atoms with Crippen LogP contribution in [0.1, 0.15) is 5.56 Å². The number of nitrogens with zero attached hydrogens (tertiary/aromatic N) is 1. The van der Waals surface area contributed by atoms with Gasteiger partial charge in [0, 0.05) is 24.7 Å². The molecule has 1 rings (SSSR count). The number of benzene rings is 1. The van der Waals surface area contributed by atoms with E-state index in [2.05, 4.69) is 0 Å². The van der Waals surface area contributed by atoms with Crippen LogP contribution in [0.4, 0.5) is 5.69 Å². The summed E-state index contributed by atoms with van der Waals surface area (Å²) in [6, 6.07) is 5.82. The third kappa shape index (κ3) is 3.47. The number of amides is 1. The van der Waals surface area contributed by atoms with E-state index in [1.165, 1.54) is 11.8 Å². The summed E-state index contributed by atoms with van der Waals surface area (Å²) in [6.45, 7) is 1.97. The second kappa shape index (κ2) is 5.07. The van der Waals surface area contributed by atoms with E-state index in [1.807, 2.05) is 25.1 Å². The third-order valence-electron chi connectivity index (χ3n) is 2.10. The molecule has 0 aliphatic rings. The van der Waals surface area contributed by atoms with Crippen LogP contribution in [0.5, 0.6) is 0 Å². The number of aryl methyl sites for hydroxylation is 1. The molecule has 0 saturated heterocycles. The van der Waals surface area contributed by atoms with E-state index in [-0.39, 0.29) is 5.91 Å². The van der Waals surface area contributed by atoms with Gasteiger partial charge in [0.05, 0.1) is 5.75 Å². The van der Waals surface area contributed by atoms with Gasteiger partial charge in [-0.05, 0) is 30.7 Å². The molecule has 0 aliphatic carbocycles. The van der Waals surface area contributed by atoms with Crippen LogP contribution < -0.4 is 5.73 Å². The molecule has 1 aromatic rings. The van der Waals surface area contributed by atoms with E-state index in [9.17, 15) is 4.79 Å². The smallest absolute Gasteiger partial charge is 0.232 e. The lowest BCUT2D eigenvalue weighted by Crippen LogP contribution is -2.23. The predicted octanol–water partition coefficient (Wildman–Crippen LogP) is 1.76. The maximum Gasteiger partial charge on any atom is 0.232 e. The topological polar surface area (TPSA) is 46.3 Å². The first-order valence-corrected chi connectivity index (χ1v) is 5.68. The van der Waals surface area contributed by atoms with Gasteiger partial charge in [0.2, 0.25) is 5.91 Å². The predicted molar refractivity (Wildman–Crippen MR) is 65.0 cm³/mol. The SMILES string of the molecule is Cc1cc(SCC(=O)N(C)C)ccc1N. The first-order valence-electron chi connectivity index (χ1n) is 4.70. The molecule has 0 saturated carbocycles. The molecule has 0 atom stereocenters. The van der Waals surface area contributed by atoms with Crippen molar-refractivity contribution in [3.05, 3.63) is 23.8 Å². The molecule has 15 heavy (non-hydrogen) atoms. The minimum atomic E-state index is 0.120. The summed E-state index contributed by atoms with van der Waals surface area (Å²) in [6.07, 6.45) is 0. The second-order valence-electron chi connectivity index (χ2n) is 3.60. The molecule has 0 aromatic heterocycles. The molecule has 0 bridgehead atoms. The standard InChI is InChI=1S/C11H16N2OS/c1-8-6-9(4-5-10(8)12)15-7-11(14)13(2)3/h4-6H,7,12H2,1-3H3. The lowest BCUT2D eigenvalue weighted by atomic mass is 10.2. The summed E-state index contributed by atoms with van der Waals surface area (Å²) >= 11 is 1.53. The molecule has 4 heteroatoms. The Labute approximate surface area is 94.6 Å². The molecule has 82 valence electrons. The van der Waals surface area contributed by atoms with Crippen molar-refractivity contribution in [1.82, 2.24) is 4.90 Å². The van der Waals surface area contributed by atoms with E-state index < -0.39 is 0 Å². The number of hydrogen-bond donors (Lipinski definition) is 1. The first kappa shape index (κ1) is 11.9. The molecule has 0 aliphatic heterocycles. The van der Waals surface area contributed by atoms with Crippen LogP contribution >= 0.6 is 11.8 Å². The number of nitrogens with two attached hydrogens (primary N) is 1. The zero-order valence-corrected chi connectivity index (χ0v) is 10.1. The number of carbonyl (C=O) groups is 1. The molecule has 1 aromatic carbocycles. The van der Waals surface area contributed by atoms with Crippen LogP contribution in [-0.4, -0.2) is 30.7 Å². The highest BCUT2D eigenvalue weighted by molar-refractivity contribution is 8.00. The molecule has 0 radical (unpaired) electrons. The fourth-order valence-electron chi connectivity index (χ4n) is 1.01. The summed E-state index contributed by atoms with van der Waals surface area (Å²) in [5.74, 6) is 0.588. The third-order valence-corrected chi connectivity index (χ3v) is 3.08. The summed E-state index contributed by atoms with van der Waals surface area (Å²) in [7, 11) is 3.52. The largest absolute Gasteiger partial charge is 0.399 e. The van der Waals surface area contributed by atoms with Crippen molar-refractivity contribution in [3.63, 3.8) is 0 Å². The summed E-state index contributed by atoms with van der Waals surface area (Å²) in [4.78, 5) is 14.0. The average Bonchev–Trinajstić information content (AvgIpc) is 2.19. The van der Waals surface area contributed by atoms with Crippen LogP contribution in [0.3, 0.4) is 0 Å². The van der Waals surface area contributed by atoms with Gasteiger partial charge >= 0.3 is 0 Å². The quantitative estimate of drug-likeness (QED) is 0.628. The summed E-state index contributed by atoms with van der Waals surface area (Å²) in [5.41, 5.74) is 7.55. The fourth-order valence-corrected chi connectivity index (χ4v) is 1.98. The van der Waals surface area contributed by atoms with Gasteiger partial charge in [-0.15, -0.1) is 11.8 Å². The molecular formula is C11H16N2OS. The molecule has 0 spiro atoms. The van der Waals surface area contributed by atoms with Crippen LogP contribution in [-0.2, 0) is 4.79 Å². The van der Waals surface area contributed by atoms with Gasteiger partial charge in [0.15, 0.2) is 0 Å². The maximum absolute atomic E-state index is 11.3. The monoisotopic (exact) mass is 224 g/mol. The summed E-state index contributed by atoms with van der Waals surface area (Å²) in [5, 5.41) is 0. The number of rotatable bonds is 3. The van der Waals surface area contributed by atoms with Crippen molar-refractivity contribution in [3.8, 4) is 0 Å². The van der Waals surface area contributed by atoms with Gasteiger partial charge in [-0.1, -0.05) is 0 Å². The molecule has 0 unspecified atom stereocenters. The van der Waals surface area contributed by atoms with Crippen molar-refractivity contribution < 1.29 is 4.79 Å². The Bertz CT molecular complexity index is 364. The minimum Gasteiger partial charge on any atom is -0.399 e. The normalized spacial score (nSPS) is 10.1. The molecule has 0 heterocycles. The zero-order chi connectivity index (χ0) is 11.4. The van der Waals surface area contributed by atoms with Crippen molar-refractivity contribution >= 4 is 23.4 Å². The van der Waals surface area contributed by atoms with Crippen LogP contribution in [0.2, 0.25) is 0 Å². The van der Waals surface area contributed by atoms with E-state index >= 15 is 0 Å². The Morgan fingerprint density at radius 3 is 2.67 bits per heavy atom. The Hall–Kier alpha value is -1.16. The van der Waals surface area contributed by atoms with Gasteiger partial charge in [-0.2, -0.15) is 0 Å². The van der Waals surface area contributed by atoms with Gasteiger partial charge < -0.3 is 10.6 Å². The Balaban J connectivity index is 2.58. The lowest BCUT2D eigenvalue weighted by Gasteiger charge is -2.10. The van der Waals surface area contributed by atoms with Crippen LogP contribution in [0.25, 0.3) is 0 Å². The van der Waals surface area contributed by atoms with E-state index in [4.69, 9.17) is 5.73 Å². The van der Waals surface area contributed by atoms with Gasteiger partial charge in [-0.3, -0.25) is 4.79 Å². The molecule has 2 N–H and O–H groups in total. The van der Waals surface area contributed by atoms with Crippen molar-refractivity contribution in [2.24, 2.45) is 0 Å². The van der Waals surface area contributed by atoms with Gasteiger partial charge in [0.25, 0.3) is 0 Å². The second-order valence-corrected chi connectivity index (χ2v) is 4.64. The van der Waals surface area contributed by atoms with E-state index in [1.54, 1.807) is 19.0 Å². The van der Waals surface area contributed by atoms with Crippen molar-refractivity contribution in [1.29, 1.82) is 0 Å². The average molecular weight is 224 g/mol. The number of carbonyl (C=O) groups excluding carboxylic acids is 1. The fraction of sp³-hybridized carbons (Fsp3) is 0.364. The molecular weight excluding hydrogens is 208 g/mol. The number of nitrogen functional groups attached to an aromatic ring is 1. The lowest BCUT2D eigenvalue weighted by molar-refractivity contribution is -0.125. The molecule has 3 nitrogen and oxygen atoms in total. The van der Waals surface area contributed by atoms with E-state index in [0.717, 1.165) is 16.1 Å². The highest BCUT2D eigenvalue weighted by atomic mass is 32.2. The molecule has 1 amide bonds. The maximum atomic E-state index is 11.3. The highest BCUT2D eigenvalue weighted by Crippen LogP contribution is 2.22. The minimum absolute atomic E-state index is 0.120.